The van der Waals surface area contributed by atoms with Crippen molar-refractivity contribution in [2.75, 3.05) is 11.4 Å². The lowest BCUT2D eigenvalue weighted by Gasteiger charge is -2.26. The van der Waals surface area contributed by atoms with Gasteiger partial charge in [0.2, 0.25) is 0 Å². The Bertz CT molecular complexity index is 1670. The molecule has 0 saturated heterocycles. The molecule has 1 atom stereocenters. The molecule has 0 radical (unpaired) electrons. The summed E-state index contributed by atoms with van der Waals surface area (Å²) in [6.45, 7) is 3.88. The zero-order valence-electron chi connectivity index (χ0n) is 22.9. The molecular weight excluding hydrogens is 568 g/mol. The van der Waals surface area contributed by atoms with Gasteiger partial charge in [-0.2, -0.15) is 0 Å². The minimum Gasteiger partial charge on any atom is -0.348 e. The van der Waals surface area contributed by atoms with Crippen LogP contribution in [0.2, 0.25) is 5.02 Å². The molecule has 0 spiro atoms. The van der Waals surface area contributed by atoms with Gasteiger partial charge in [-0.15, -0.1) is 11.3 Å². The molecule has 5 rings (SSSR count). The third kappa shape index (κ3) is 7.40. The molecule has 42 heavy (non-hydrogen) atoms. The summed E-state index contributed by atoms with van der Waals surface area (Å²) in [6, 6.07) is 31.9. The molecule has 7 nitrogen and oxygen atoms in total. The second-order valence-corrected chi connectivity index (χ2v) is 11.3. The van der Waals surface area contributed by atoms with E-state index in [1.807, 2.05) is 72.1 Å². The average molecular weight is 597 g/mol. The zero-order valence-corrected chi connectivity index (χ0v) is 24.5. The summed E-state index contributed by atoms with van der Waals surface area (Å²) in [4.78, 5) is 30.7. The van der Waals surface area contributed by atoms with E-state index < -0.39 is 4.92 Å². The van der Waals surface area contributed by atoms with Crippen molar-refractivity contribution in [1.29, 1.82) is 0 Å². The van der Waals surface area contributed by atoms with Crippen molar-refractivity contribution in [2.24, 2.45) is 0 Å². The second-order valence-electron chi connectivity index (χ2n) is 10.0. The van der Waals surface area contributed by atoms with Crippen LogP contribution in [0.25, 0.3) is 11.3 Å². The first-order valence-corrected chi connectivity index (χ1v) is 14.7. The van der Waals surface area contributed by atoms with E-state index in [1.54, 1.807) is 18.2 Å². The highest BCUT2D eigenvalue weighted by atomic mass is 35.5. The molecule has 0 aliphatic heterocycles. The van der Waals surface area contributed by atoms with Crippen molar-refractivity contribution in [3.05, 3.63) is 146 Å². The van der Waals surface area contributed by atoms with Gasteiger partial charge in [-0.3, -0.25) is 14.9 Å². The van der Waals surface area contributed by atoms with Gasteiger partial charge in [-0.25, -0.2) is 4.98 Å². The van der Waals surface area contributed by atoms with Crippen LogP contribution in [0.4, 0.5) is 10.8 Å². The highest BCUT2D eigenvalue weighted by Gasteiger charge is 2.18. The molecule has 5 aromatic rings. The van der Waals surface area contributed by atoms with Crippen molar-refractivity contribution in [3.8, 4) is 11.3 Å². The minimum atomic E-state index is -0.397. The van der Waals surface area contributed by atoms with E-state index in [9.17, 15) is 14.9 Å². The molecule has 1 N–H and O–H groups in total. The summed E-state index contributed by atoms with van der Waals surface area (Å²) in [7, 11) is 0. The van der Waals surface area contributed by atoms with E-state index in [4.69, 9.17) is 16.6 Å². The maximum absolute atomic E-state index is 12.8. The Balaban J connectivity index is 1.33. The van der Waals surface area contributed by atoms with Gasteiger partial charge in [-0.05, 0) is 46.9 Å². The number of hydrogen-bond acceptors (Lipinski definition) is 6. The highest BCUT2D eigenvalue weighted by molar-refractivity contribution is 7.14. The Morgan fingerprint density at radius 3 is 2.48 bits per heavy atom. The molecule has 212 valence electrons. The van der Waals surface area contributed by atoms with Crippen LogP contribution in [-0.2, 0) is 13.1 Å². The third-order valence-electron chi connectivity index (χ3n) is 6.91. The maximum atomic E-state index is 12.8. The standard InChI is InChI=1S/C33H29ClN4O3S/c1-23(26-8-3-2-4-9-26)20-37(33-36-31(22-42-33)28-10-6-12-30(18-28)38(40)41)21-24-13-15-27(16-14-24)32(39)35-19-25-7-5-11-29(34)17-25/h2-18,22-23H,19-21H2,1H3,(H,35,39). The molecule has 9 heteroatoms. The van der Waals surface area contributed by atoms with E-state index >= 15 is 0 Å². The fraction of sp³-hybridized carbons (Fsp3) is 0.152. The van der Waals surface area contributed by atoms with Gasteiger partial charge >= 0.3 is 0 Å². The molecule has 1 aromatic heterocycles. The van der Waals surface area contributed by atoms with Crippen molar-refractivity contribution in [3.63, 3.8) is 0 Å². The van der Waals surface area contributed by atoms with Gasteiger partial charge in [0, 0.05) is 53.3 Å². The van der Waals surface area contributed by atoms with Crippen molar-refractivity contribution >= 4 is 39.7 Å². The summed E-state index contributed by atoms with van der Waals surface area (Å²) < 4.78 is 0. The predicted molar refractivity (Wildman–Crippen MR) is 169 cm³/mol. The second kappa shape index (κ2) is 13.4. The summed E-state index contributed by atoms with van der Waals surface area (Å²) in [5.41, 5.74) is 5.21. The van der Waals surface area contributed by atoms with Gasteiger partial charge in [0.1, 0.15) is 0 Å². The predicted octanol–water partition coefficient (Wildman–Crippen LogP) is 8.11. The van der Waals surface area contributed by atoms with Gasteiger partial charge in [0.15, 0.2) is 5.13 Å². The lowest BCUT2D eigenvalue weighted by molar-refractivity contribution is -0.384. The average Bonchev–Trinajstić information content (AvgIpc) is 3.51. The Morgan fingerprint density at radius 2 is 1.74 bits per heavy atom. The molecule has 0 fully saturated rings. The number of benzene rings is 4. The zero-order chi connectivity index (χ0) is 29.5. The van der Waals surface area contributed by atoms with Crippen LogP contribution in [0, 0.1) is 10.1 Å². The summed E-state index contributed by atoms with van der Waals surface area (Å²) in [6.07, 6.45) is 0. The maximum Gasteiger partial charge on any atom is 0.270 e. The monoisotopic (exact) mass is 596 g/mol. The largest absolute Gasteiger partial charge is 0.348 e. The number of amides is 1. The van der Waals surface area contributed by atoms with Crippen molar-refractivity contribution in [1.82, 2.24) is 10.3 Å². The Labute approximate surface area is 253 Å². The topological polar surface area (TPSA) is 88.4 Å². The SMILES string of the molecule is CC(CN(Cc1ccc(C(=O)NCc2cccc(Cl)c2)cc1)c1nc(-c2cccc([N+](=O)[O-])c2)cs1)c1ccccc1. The number of thiazole rings is 1. The first-order valence-electron chi connectivity index (χ1n) is 13.5. The Hall–Kier alpha value is -4.53. The molecule has 1 heterocycles. The number of anilines is 1. The molecule has 4 aromatic carbocycles. The lowest BCUT2D eigenvalue weighted by atomic mass is 10.0. The normalized spacial score (nSPS) is 11.6. The van der Waals surface area contributed by atoms with Gasteiger partial charge < -0.3 is 10.2 Å². The molecule has 0 saturated carbocycles. The van der Waals surface area contributed by atoms with E-state index in [1.165, 1.54) is 23.0 Å². The van der Waals surface area contributed by atoms with E-state index in [-0.39, 0.29) is 17.5 Å². The quantitative estimate of drug-likeness (QED) is 0.123. The van der Waals surface area contributed by atoms with Crippen LogP contribution in [0.5, 0.6) is 0 Å². The first kappa shape index (κ1) is 29.0. The number of hydrogen-bond donors (Lipinski definition) is 1. The molecule has 1 amide bonds. The summed E-state index contributed by atoms with van der Waals surface area (Å²) in [5.74, 6) is 0.0745. The Kier molecular flexibility index (Phi) is 9.26. The molecule has 0 bridgehead atoms. The van der Waals surface area contributed by atoms with Gasteiger partial charge in [0.05, 0.1) is 10.6 Å². The van der Waals surface area contributed by atoms with E-state index in [0.29, 0.717) is 41.5 Å². The number of nitrogens with one attached hydrogen (secondary N) is 1. The van der Waals surface area contributed by atoms with Crippen LogP contribution in [0.15, 0.2) is 109 Å². The fourth-order valence-electron chi connectivity index (χ4n) is 4.66. The number of aromatic nitrogens is 1. The van der Waals surface area contributed by atoms with E-state index in [0.717, 1.165) is 16.3 Å². The van der Waals surface area contributed by atoms with Gasteiger partial charge in [-0.1, -0.05) is 85.3 Å². The number of nitro benzene ring substituents is 1. The highest BCUT2D eigenvalue weighted by Crippen LogP contribution is 2.31. The number of nitrogens with zero attached hydrogens (tertiary/aromatic N) is 3. The Morgan fingerprint density at radius 1 is 0.976 bits per heavy atom. The number of carbonyl (C=O) groups excluding carboxylic acids is 1. The third-order valence-corrected chi connectivity index (χ3v) is 8.05. The lowest BCUT2D eigenvalue weighted by Crippen LogP contribution is -2.27. The number of carbonyl (C=O) groups is 1. The van der Waals surface area contributed by atoms with Gasteiger partial charge in [0.25, 0.3) is 11.6 Å². The van der Waals surface area contributed by atoms with Crippen LogP contribution in [0.1, 0.15) is 39.9 Å². The minimum absolute atomic E-state index is 0.0355. The van der Waals surface area contributed by atoms with Crippen molar-refractivity contribution < 1.29 is 9.72 Å². The van der Waals surface area contributed by atoms with Crippen LogP contribution >= 0.6 is 22.9 Å². The molecule has 1 unspecified atom stereocenters. The summed E-state index contributed by atoms with van der Waals surface area (Å²) in [5, 5.41) is 17.6. The molecule has 0 aliphatic rings. The smallest absolute Gasteiger partial charge is 0.270 e. The molecule has 0 aliphatic carbocycles. The van der Waals surface area contributed by atoms with E-state index in [2.05, 4.69) is 29.3 Å². The number of rotatable bonds is 11. The fourth-order valence-corrected chi connectivity index (χ4v) is 5.72. The van der Waals surface area contributed by atoms with Crippen LogP contribution < -0.4 is 10.2 Å². The number of non-ortho nitro benzene ring substituents is 1. The molecular formula is C33H29ClN4O3S. The van der Waals surface area contributed by atoms with Crippen molar-refractivity contribution in [2.45, 2.75) is 25.9 Å². The summed E-state index contributed by atoms with van der Waals surface area (Å²) >= 11 is 7.56. The number of halogens is 1. The van der Waals surface area contributed by atoms with Crippen LogP contribution in [0.3, 0.4) is 0 Å². The van der Waals surface area contributed by atoms with Crippen LogP contribution in [-0.4, -0.2) is 22.4 Å². The number of nitro groups is 1. The first-order chi connectivity index (χ1) is 20.4.